The van der Waals surface area contributed by atoms with E-state index in [1.165, 1.54) is 12.3 Å². The van der Waals surface area contributed by atoms with Crippen LogP contribution in [0, 0.1) is 11.7 Å². The number of pyridine rings is 1. The Morgan fingerprint density at radius 2 is 2.31 bits per heavy atom. The number of aliphatic hydroxyl groups is 1. The maximum Gasteiger partial charge on any atom is 0.141 e. The van der Waals surface area contributed by atoms with Crippen molar-refractivity contribution in [2.75, 3.05) is 0 Å². The summed E-state index contributed by atoms with van der Waals surface area (Å²) in [6.07, 6.45) is 1.77. The van der Waals surface area contributed by atoms with Crippen LogP contribution in [0.2, 0.25) is 0 Å². The Morgan fingerprint density at radius 1 is 1.54 bits per heavy atom. The zero-order chi connectivity index (χ0) is 9.42. The first-order chi connectivity index (χ1) is 6.18. The van der Waals surface area contributed by atoms with Crippen molar-refractivity contribution in [2.45, 2.75) is 25.4 Å². The minimum absolute atomic E-state index is 0.211. The van der Waals surface area contributed by atoms with E-state index in [1.54, 1.807) is 6.07 Å². The van der Waals surface area contributed by atoms with Gasteiger partial charge in [-0.25, -0.2) is 4.39 Å². The maximum absolute atomic E-state index is 12.5. The van der Waals surface area contributed by atoms with Crippen LogP contribution in [0.25, 0.3) is 0 Å². The minimum Gasteiger partial charge on any atom is -0.393 e. The Morgan fingerprint density at radius 3 is 2.77 bits per heavy atom. The molecule has 1 heterocycles. The molecule has 1 N–H and O–H groups in total. The highest BCUT2D eigenvalue weighted by atomic mass is 19.1. The van der Waals surface area contributed by atoms with Crippen molar-refractivity contribution in [3.8, 4) is 0 Å². The van der Waals surface area contributed by atoms with Gasteiger partial charge in [0.05, 0.1) is 12.3 Å². The van der Waals surface area contributed by atoms with Gasteiger partial charge in [0.2, 0.25) is 0 Å². The number of aromatic nitrogens is 1. The van der Waals surface area contributed by atoms with Gasteiger partial charge in [0.1, 0.15) is 5.82 Å². The van der Waals surface area contributed by atoms with Gasteiger partial charge in [-0.05, 0) is 24.5 Å². The molecule has 0 amide bonds. The molecule has 1 fully saturated rings. The maximum atomic E-state index is 12.5. The topological polar surface area (TPSA) is 33.1 Å². The van der Waals surface area contributed by atoms with Crippen molar-refractivity contribution >= 4 is 0 Å². The molecule has 1 saturated carbocycles. The van der Waals surface area contributed by atoms with Crippen molar-refractivity contribution in [3.63, 3.8) is 0 Å². The highest BCUT2D eigenvalue weighted by Gasteiger charge is 2.37. The molecule has 0 spiro atoms. The van der Waals surface area contributed by atoms with Crippen LogP contribution in [0.4, 0.5) is 4.39 Å². The van der Waals surface area contributed by atoms with E-state index >= 15 is 0 Å². The molecule has 1 aliphatic rings. The zero-order valence-electron chi connectivity index (χ0n) is 7.44. The Balaban J connectivity index is 2.14. The van der Waals surface area contributed by atoms with Gasteiger partial charge >= 0.3 is 0 Å². The molecule has 2 rings (SSSR count). The number of hydrogen-bond acceptors (Lipinski definition) is 2. The summed E-state index contributed by atoms with van der Waals surface area (Å²) in [6.45, 7) is 1.99. The summed E-state index contributed by atoms with van der Waals surface area (Å²) >= 11 is 0. The SMILES string of the molecule is CC1C(O)CC1c1ccc(F)cn1. The van der Waals surface area contributed by atoms with Crippen molar-refractivity contribution in [1.29, 1.82) is 0 Å². The predicted molar refractivity (Wildman–Crippen MR) is 46.7 cm³/mol. The molecular weight excluding hydrogens is 169 g/mol. The normalized spacial score (nSPS) is 32.7. The van der Waals surface area contributed by atoms with Crippen LogP contribution >= 0.6 is 0 Å². The molecule has 0 saturated heterocycles. The van der Waals surface area contributed by atoms with Gasteiger partial charge in [0.15, 0.2) is 0 Å². The monoisotopic (exact) mass is 181 g/mol. The molecule has 13 heavy (non-hydrogen) atoms. The molecule has 0 aliphatic heterocycles. The summed E-state index contributed by atoms with van der Waals surface area (Å²) in [5, 5.41) is 9.30. The molecule has 3 heteroatoms. The third kappa shape index (κ3) is 1.44. The quantitative estimate of drug-likeness (QED) is 0.715. The second-order valence-corrected chi connectivity index (χ2v) is 3.67. The minimum atomic E-state index is -0.309. The molecule has 70 valence electrons. The Kier molecular flexibility index (Phi) is 2.04. The highest BCUT2D eigenvalue weighted by molar-refractivity contribution is 5.16. The van der Waals surface area contributed by atoms with Gasteiger partial charge in [0.25, 0.3) is 0 Å². The predicted octanol–water partition coefficient (Wildman–Crippen LogP) is 1.70. The molecule has 1 aromatic rings. The largest absolute Gasteiger partial charge is 0.393 e. The summed E-state index contributed by atoms with van der Waals surface area (Å²) in [4.78, 5) is 4.00. The molecule has 1 aromatic heterocycles. The lowest BCUT2D eigenvalue weighted by molar-refractivity contribution is 0.0102. The second kappa shape index (κ2) is 3.07. The van der Waals surface area contributed by atoms with E-state index in [-0.39, 0.29) is 17.8 Å². The van der Waals surface area contributed by atoms with E-state index in [4.69, 9.17) is 0 Å². The van der Waals surface area contributed by atoms with Crippen LogP contribution in [0.1, 0.15) is 25.0 Å². The van der Waals surface area contributed by atoms with Gasteiger partial charge in [0, 0.05) is 11.6 Å². The average Bonchev–Trinajstić information content (AvgIpc) is 2.15. The van der Waals surface area contributed by atoms with Crippen molar-refractivity contribution in [2.24, 2.45) is 5.92 Å². The summed E-state index contributed by atoms with van der Waals surface area (Å²) in [7, 11) is 0. The van der Waals surface area contributed by atoms with Crippen LogP contribution < -0.4 is 0 Å². The van der Waals surface area contributed by atoms with Gasteiger partial charge in [-0.2, -0.15) is 0 Å². The lowest BCUT2D eigenvalue weighted by Crippen LogP contribution is -2.37. The zero-order valence-corrected chi connectivity index (χ0v) is 7.44. The first kappa shape index (κ1) is 8.63. The van der Waals surface area contributed by atoms with Crippen LogP contribution in [-0.2, 0) is 0 Å². The number of hydrogen-bond donors (Lipinski definition) is 1. The number of aliphatic hydroxyl groups excluding tert-OH is 1. The molecule has 0 aromatic carbocycles. The summed E-state index contributed by atoms with van der Waals surface area (Å²) in [5.41, 5.74) is 0.888. The van der Waals surface area contributed by atoms with E-state index in [9.17, 15) is 9.50 Å². The van der Waals surface area contributed by atoms with Crippen molar-refractivity contribution in [3.05, 3.63) is 29.8 Å². The van der Waals surface area contributed by atoms with E-state index in [0.29, 0.717) is 5.92 Å². The fraction of sp³-hybridized carbons (Fsp3) is 0.500. The van der Waals surface area contributed by atoms with E-state index in [0.717, 1.165) is 12.1 Å². The van der Waals surface area contributed by atoms with Crippen LogP contribution in [0.3, 0.4) is 0 Å². The molecule has 2 nitrogen and oxygen atoms in total. The number of nitrogens with zero attached hydrogens (tertiary/aromatic N) is 1. The number of halogens is 1. The fourth-order valence-corrected chi connectivity index (χ4v) is 1.76. The van der Waals surface area contributed by atoms with Crippen LogP contribution in [-0.4, -0.2) is 16.2 Å². The summed E-state index contributed by atoms with van der Waals surface area (Å²) < 4.78 is 12.5. The standard InChI is InChI=1S/C10H12FNO/c1-6-8(4-10(6)13)9-3-2-7(11)5-12-9/h2-3,5-6,8,10,13H,4H2,1H3. The van der Waals surface area contributed by atoms with Gasteiger partial charge in [-0.3, -0.25) is 4.98 Å². The molecule has 1 aliphatic carbocycles. The van der Waals surface area contributed by atoms with Crippen LogP contribution in [0.5, 0.6) is 0 Å². The number of rotatable bonds is 1. The lowest BCUT2D eigenvalue weighted by atomic mass is 9.70. The van der Waals surface area contributed by atoms with E-state index in [2.05, 4.69) is 4.98 Å². The molecule has 0 bridgehead atoms. The third-order valence-corrected chi connectivity index (χ3v) is 2.87. The molecule has 3 atom stereocenters. The average molecular weight is 181 g/mol. The molecule has 3 unspecified atom stereocenters. The smallest absolute Gasteiger partial charge is 0.141 e. The third-order valence-electron chi connectivity index (χ3n) is 2.87. The second-order valence-electron chi connectivity index (χ2n) is 3.67. The van der Waals surface area contributed by atoms with Crippen molar-refractivity contribution in [1.82, 2.24) is 4.98 Å². The first-order valence-electron chi connectivity index (χ1n) is 4.48. The Hall–Kier alpha value is -0.960. The lowest BCUT2D eigenvalue weighted by Gasteiger charge is -2.38. The van der Waals surface area contributed by atoms with Crippen LogP contribution in [0.15, 0.2) is 18.3 Å². The van der Waals surface area contributed by atoms with Gasteiger partial charge in [-0.1, -0.05) is 6.92 Å². The fourth-order valence-electron chi connectivity index (χ4n) is 1.76. The Bertz CT molecular complexity index is 298. The molecule has 0 radical (unpaired) electrons. The molecular formula is C10H12FNO. The van der Waals surface area contributed by atoms with E-state index < -0.39 is 0 Å². The summed E-state index contributed by atoms with van der Waals surface area (Å²) in [5.74, 6) is 0.241. The summed E-state index contributed by atoms with van der Waals surface area (Å²) in [6, 6.07) is 3.11. The van der Waals surface area contributed by atoms with Gasteiger partial charge < -0.3 is 5.11 Å². The highest BCUT2D eigenvalue weighted by Crippen LogP contribution is 2.41. The van der Waals surface area contributed by atoms with E-state index in [1.807, 2.05) is 6.92 Å². The Labute approximate surface area is 76.4 Å². The van der Waals surface area contributed by atoms with Crippen molar-refractivity contribution < 1.29 is 9.50 Å². The van der Waals surface area contributed by atoms with Gasteiger partial charge in [-0.15, -0.1) is 0 Å². The first-order valence-corrected chi connectivity index (χ1v) is 4.48.